The Bertz CT molecular complexity index is 761. The van der Waals surface area contributed by atoms with Crippen LogP contribution in [-0.4, -0.2) is 9.97 Å². The highest BCUT2D eigenvalue weighted by Gasteiger charge is 2.04. The van der Waals surface area contributed by atoms with Gasteiger partial charge in [-0.15, -0.1) is 0 Å². The average molecular weight is 349 g/mol. The van der Waals surface area contributed by atoms with Crippen molar-refractivity contribution in [1.29, 1.82) is 0 Å². The summed E-state index contributed by atoms with van der Waals surface area (Å²) in [4.78, 5) is 8.79. The van der Waals surface area contributed by atoms with Crippen molar-refractivity contribution in [1.82, 2.24) is 9.97 Å². The van der Waals surface area contributed by atoms with E-state index in [-0.39, 0.29) is 0 Å². The number of benzene rings is 1. The van der Waals surface area contributed by atoms with Crippen molar-refractivity contribution < 1.29 is 0 Å². The first-order valence-electron chi connectivity index (χ1n) is 6.12. The number of fused-ring (bicyclic) bond motifs is 1. The topological polar surface area (TPSA) is 37.8 Å². The molecule has 0 unspecified atom stereocenters. The number of halogens is 2. The van der Waals surface area contributed by atoms with Gasteiger partial charge in [-0.25, -0.2) is 4.98 Å². The highest BCUT2D eigenvalue weighted by Crippen LogP contribution is 2.26. The molecule has 5 heteroatoms. The summed E-state index contributed by atoms with van der Waals surface area (Å²) >= 11 is 9.51. The van der Waals surface area contributed by atoms with Gasteiger partial charge < -0.3 is 5.32 Å². The summed E-state index contributed by atoms with van der Waals surface area (Å²) in [5, 5.41) is 5.05. The minimum atomic E-state index is 0.617. The molecule has 20 heavy (non-hydrogen) atoms. The number of nitrogens with zero attached hydrogens (tertiary/aromatic N) is 2. The van der Waals surface area contributed by atoms with Gasteiger partial charge in [0.15, 0.2) is 0 Å². The molecule has 100 valence electrons. The quantitative estimate of drug-likeness (QED) is 0.700. The molecule has 3 aromatic rings. The average Bonchev–Trinajstić information content (AvgIpc) is 2.44. The zero-order chi connectivity index (χ0) is 13.9. The standard InChI is InChI=1S/C15H11BrClN3/c16-14-5-1-4-12(20-14)9-19-13-8-11(17)7-10-3-2-6-18-15(10)13/h1-8,19H,9H2. The maximum Gasteiger partial charge on any atom is 0.106 e. The summed E-state index contributed by atoms with van der Waals surface area (Å²) in [6.07, 6.45) is 1.78. The van der Waals surface area contributed by atoms with E-state index in [0.29, 0.717) is 11.6 Å². The SMILES string of the molecule is Clc1cc(NCc2cccc(Br)n2)c2ncccc2c1. The first-order valence-corrected chi connectivity index (χ1v) is 7.29. The Morgan fingerprint density at radius 1 is 1.15 bits per heavy atom. The molecule has 3 rings (SSSR count). The molecule has 0 saturated heterocycles. The zero-order valence-corrected chi connectivity index (χ0v) is 12.8. The van der Waals surface area contributed by atoms with E-state index in [4.69, 9.17) is 11.6 Å². The van der Waals surface area contributed by atoms with Crippen LogP contribution in [0.5, 0.6) is 0 Å². The molecule has 2 aromatic heterocycles. The molecule has 0 fully saturated rings. The first kappa shape index (κ1) is 13.3. The van der Waals surface area contributed by atoms with Crippen LogP contribution in [0, 0.1) is 0 Å². The highest BCUT2D eigenvalue weighted by molar-refractivity contribution is 9.10. The predicted molar refractivity (Wildman–Crippen MR) is 86.0 cm³/mol. The zero-order valence-electron chi connectivity index (χ0n) is 10.5. The number of pyridine rings is 2. The van der Waals surface area contributed by atoms with Gasteiger partial charge in [-0.05, 0) is 46.3 Å². The monoisotopic (exact) mass is 347 g/mol. The third-order valence-electron chi connectivity index (χ3n) is 2.90. The number of aromatic nitrogens is 2. The van der Waals surface area contributed by atoms with Gasteiger partial charge in [-0.3, -0.25) is 4.98 Å². The Kier molecular flexibility index (Phi) is 3.85. The fourth-order valence-corrected chi connectivity index (χ4v) is 2.63. The summed E-state index contributed by atoms with van der Waals surface area (Å²) in [5.41, 5.74) is 2.77. The third kappa shape index (κ3) is 2.92. The third-order valence-corrected chi connectivity index (χ3v) is 3.56. The largest absolute Gasteiger partial charge is 0.378 e. The van der Waals surface area contributed by atoms with Crippen molar-refractivity contribution in [2.75, 3.05) is 5.32 Å². The van der Waals surface area contributed by atoms with E-state index < -0.39 is 0 Å². The molecule has 0 atom stereocenters. The van der Waals surface area contributed by atoms with E-state index >= 15 is 0 Å². The molecule has 0 amide bonds. The Morgan fingerprint density at radius 2 is 2.05 bits per heavy atom. The van der Waals surface area contributed by atoms with E-state index in [1.54, 1.807) is 6.20 Å². The molecule has 1 aromatic carbocycles. The van der Waals surface area contributed by atoms with E-state index in [9.17, 15) is 0 Å². The van der Waals surface area contributed by atoms with Crippen molar-refractivity contribution in [3.63, 3.8) is 0 Å². The first-order chi connectivity index (χ1) is 9.72. The van der Waals surface area contributed by atoms with Crippen LogP contribution in [0.15, 0.2) is 53.3 Å². The molecule has 0 bridgehead atoms. The van der Waals surface area contributed by atoms with Crippen LogP contribution in [0.1, 0.15) is 5.69 Å². The van der Waals surface area contributed by atoms with Crippen LogP contribution in [0.2, 0.25) is 5.02 Å². The van der Waals surface area contributed by atoms with Gasteiger partial charge in [-0.1, -0.05) is 23.7 Å². The second-order valence-corrected chi connectivity index (χ2v) is 5.58. The molecular formula is C15H11BrClN3. The number of hydrogen-bond acceptors (Lipinski definition) is 3. The molecule has 0 aliphatic rings. The molecule has 0 aliphatic heterocycles. The minimum absolute atomic E-state index is 0.617. The molecule has 3 nitrogen and oxygen atoms in total. The van der Waals surface area contributed by atoms with Crippen LogP contribution < -0.4 is 5.32 Å². The fraction of sp³-hybridized carbons (Fsp3) is 0.0667. The number of anilines is 1. The lowest BCUT2D eigenvalue weighted by Crippen LogP contribution is -2.02. The van der Waals surface area contributed by atoms with Crippen molar-refractivity contribution in [3.8, 4) is 0 Å². The summed E-state index contributed by atoms with van der Waals surface area (Å²) in [6, 6.07) is 13.5. The van der Waals surface area contributed by atoms with E-state index in [1.807, 2.05) is 42.5 Å². The smallest absolute Gasteiger partial charge is 0.106 e. The molecular weight excluding hydrogens is 338 g/mol. The summed E-state index contributed by atoms with van der Waals surface area (Å²) in [6.45, 7) is 0.617. The Labute approximate surface area is 130 Å². The van der Waals surface area contributed by atoms with Gasteiger partial charge in [0.05, 0.1) is 23.4 Å². The highest BCUT2D eigenvalue weighted by atomic mass is 79.9. The second-order valence-electron chi connectivity index (χ2n) is 4.33. The van der Waals surface area contributed by atoms with Gasteiger partial charge in [0.25, 0.3) is 0 Å². The maximum absolute atomic E-state index is 6.14. The normalized spacial score (nSPS) is 10.7. The fourth-order valence-electron chi connectivity index (χ4n) is 2.03. The van der Waals surface area contributed by atoms with Crippen LogP contribution in [0.25, 0.3) is 10.9 Å². The van der Waals surface area contributed by atoms with Gasteiger partial charge in [0, 0.05) is 16.6 Å². The van der Waals surface area contributed by atoms with Crippen LogP contribution in [0.3, 0.4) is 0 Å². The molecule has 2 heterocycles. The second kappa shape index (κ2) is 5.77. The van der Waals surface area contributed by atoms with E-state index in [2.05, 4.69) is 31.2 Å². The maximum atomic E-state index is 6.14. The molecule has 0 spiro atoms. The van der Waals surface area contributed by atoms with Gasteiger partial charge in [0.1, 0.15) is 4.60 Å². The lowest BCUT2D eigenvalue weighted by molar-refractivity contribution is 1.03. The van der Waals surface area contributed by atoms with Crippen molar-refractivity contribution in [2.45, 2.75) is 6.54 Å². The minimum Gasteiger partial charge on any atom is -0.378 e. The Morgan fingerprint density at radius 3 is 2.90 bits per heavy atom. The number of hydrogen-bond donors (Lipinski definition) is 1. The molecule has 0 radical (unpaired) electrons. The van der Waals surface area contributed by atoms with Crippen LogP contribution in [0.4, 0.5) is 5.69 Å². The van der Waals surface area contributed by atoms with Gasteiger partial charge in [0.2, 0.25) is 0 Å². The number of nitrogens with one attached hydrogen (secondary N) is 1. The van der Waals surface area contributed by atoms with Crippen molar-refractivity contribution >= 4 is 44.1 Å². The Balaban J connectivity index is 1.91. The predicted octanol–water partition coefficient (Wildman–Crippen LogP) is 4.66. The van der Waals surface area contributed by atoms with E-state index in [0.717, 1.165) is 26.9 Å². The lowest BCUT2D eigenvalue weighted by Gasteiger charge is -2.09. The summed E-state index contributed by atoms with van der Waals surface area (Å²) in [5.74, 6) is 0. The van der Waals surface area contributed by atoms with Gasteiger partial charge in [-0.2, -0.15) is 0 Å². The van der Waals surface area contributed by atoms with Crippen molar-refractivity contribution in [3.05, 3.63) is 64.0 Å². The summed E-state index contributed by atoms with van der Waals surface area (Å²) in [7, 11) is 0. The van der Waals surface area contributed by atoms with Gasteiger partial charge >= 0.3 is 0 Å². The van der Waals surface area contributed by atoms with Crippen LogP contribution in [-0.2, 0) is 6.54 Å². The lowest BCUT2D eigenvalue weighted by atomic mass is 10.2. The number of rotatable bonds is 3. The molecule has 0 aliphatic carbocycles. The summed E-state index contributed by atoms with van der Waals surface area (Å²) < 4.78 is 0.825. The Hall–Kier alpha value is -1.65. The molecule has 1 N–H and O–H groups in total. The van der Waals surface area contributed by atoms with Crippen molar-refractivity contribution in [2.24, 2.45) is 0 Å². The van der Waals surface area contributed by atoms with E-state index in [1.165, 1.54) is 0 Å². The molecule has 0 saturated carbocycles. The van der Waals surface area contributed by atoms with Crippen LogP contribution >= 0.6 is 27.5 Å².